The first-order valence-electron chi connectivity index (χ1n) is 11.4. The largest absolute Gasteiger partial charge is 0.443 e. The molecule has 1 saturated carbocycles. The summed E-state index contributed by atoms with van der Waals surface area (Å²) in [7, 11) is 0. The van der Waals surface area contributed by atoms with Crippen molar-refractivity contribution in [3.05, 3.63) is 70.7 Å². The van der Waals surface area contributed by atoms with Crippen molar-refractivity contribution in [2.24, 2.45) is 17.8 Å². The molecule has 0 unspecified atom stereocenters. The van der Waals surface area contributed by atoms with Crippen molar-refractivity contribution in [2.45, 2.75) is 38.3 Å². The van der Waals surface area contributed by atoms with Crippen LogP contribution in [0.4, 0.5) is 9.18 Å². The minimum absolute atomic E-state index is 0.0487. The summed E-state index contributed by atoms with van der Waals surface area (Å²) in [6, 6.07) is 10.1. The lowest BCUT2D eigenvalue weighted by atomic mass is 9.81. The third kappa shape index (κ3) is 5.11. The third-order valence-corrected chi connectivity index (χ3v) is 7.45. The van der Waals surface area contributed by atoms with Crippen LogP contribution in [0, 0.1) is 23.6 Å². The van der Waals surface area contributed by atoms with Crippen LogP contribution in [0.5, 0.6) is 0 Å². The molecule has 1 aliphatic carbocycles. The Bertz CT molecular complexity index is 1090. The summed E-state index contributed by atoms with van der Waals surface area (Å²) in [4.78, 5) is 20.8. The van der Waals surface area contributed by atoms with Gasteiger partial charge in [-0.2, -0.15) is 0 Å². The van der Waals surface area contributed by atoms with Crippen molar-refractivity contribution >= 4 is 17.4 Å². The van der Waals surface area contributed by atoms with Crippen molar-refractivity contribution in [1.29, 1.82) is 0 Å². The van der Waals surface area contributed by atoms with E-state index < -0.39 is 12.4 Å². The summed E-state index contributed by atoms with van der Waals surface area (Å²) >= 11 is 1.46. The van der Waals surface area contributed by atoms with Crippen LogP contribution < -0.4 is 5.32 Å². The first-order chi connectivity index (χ1) is 16.6. The second kappa shape index (κ2) is 10.2. The van der Waals surface area contributed by atoms with E-state index in [0.717, 1.165) is 41.8 Å². The Morgan fingerprint density at radius 1 is 1.15 bits per heavy atom. The van der Waals surface area contributed by atoms with Gasteiger partial charge in [0, 0.05) is 29.6 Å². The number of rotatable bonds is 6. The van der Waals surface area contributed by atoms with Gasteiger partial charge in [-0.05, 0) is 54.9 Å². The molecule has 7 nitrogen and oxygen atoms in total. The van der Waals surface area contributed by atoms with Gasteiger partial charge in [-0.25, -0.2) is 14.2 Å². The predicted molar refractivity (Wildman–Crippen MR) is 124 cm³/mol. The zero-order chi connectivity index (χ0) is 23.5. The number of pyridine rings is 1. The fraction of sp³-hybridized carbons (Fsp3) is 0.400. The van der Waals surface area contributed by atoms with E-state index in [9.17, 15) is 14.3 Å². The maximum Gasteiger partial charge on any atom is 0.407 e. The number of thiazole rings is 1. The van der Waals surface area contributed by atoms with E-state index in [1.807, 2.05) is 17.5 Å². The SMILES string of the molecule is O=C(NC[C@H]1CC[C@H]2[C@H]1C[C@@H](c1ccc(-c3ccc(F)cc3)cn1)O[C@@H]2O)OCc1cscn1. The molecule has 2 fully saturated rings. The van der Waals surface area contributed by atoms with Gasteiger partial charge in [-0.15, -0.1) is 11.3 Å². The van der Waals surface area contributed by atoms with Crippen molar-refractivity contribution < 1.29 is 23.8 Å². The highest BCUT2D eigenvalue weighted by atomic mass is 32.1. The van der Waals surface area contributed by atoms with E-state index >= 15 is 0 Å². The van der Waals surface area contributed by atoms with Crippen LogP contribution in [-0.4, -0.2) is 34.0 Å². The van der Waals surface area contributed by atoms with Gasteiger partial charge in [-0.3, -0.25) is 4.98 Å². The number of hydrogen-bond donors (Lipinski definition) is 2. The highest BCUT2D eigenvalue weighted by Gasteiger charge is 2.46. The zero-order valence-electron chi connectivity index (χ0n) is 18.5. The predicted octanol–water partition coefficient (Wildman–Crippen LogP) is 4.69. The van der Waals surface area contributed by atoms with E-state index in [1.165, 1.54) is 23.5 Å². The average molecular weight is 484 g/mol. The molecule has 2 aromatic heterocycles. The van der Waals surface area contributed by atoms with Gasteiger partial charge < -0.3 is 19.9 Å². The Balaban J connectivity index is 1.19. The number of aliphatic hydroxyl groups is 1. The zero-order valence-corrected chi connectivity index (χ0v) is 19.3. The van der Waals surface area contributed by atoms with Gasteiger partial charge in [0.05, 0.1) is 16.9 Å². The lowest BCUT2D eigenvalue weighted by Crippen LogP contribution is -2.39. The average Bonchev–Trinajstić information content (AvgIpc) is 3.52. The number of aliphatic hydroxyl groups excluding tert-OH is 1. The number of nitrogens with zero attached hydrogens (tertiary/aromatic N) is 2. The number of nitrogens with one attached hydrogen (secondary N) is 1. The smallest absolute Gasteiger partial charge is 0.407 e. The van der Waals surface area contributed by atoms with Crippen molar-refractivity contribution in [3.8, 4) is 11.1 Å². The van der Waals surface area contributed by atoms with Crippen molar-refractivity contribution in [2.75, 3.05) is 6.54 Å². The number of benzene rings is 1. The number of carbonyl (C=O) groups is 1. The monoisotopic (exact) mass is 483 g/mol. The quantitative estimate of drug-likeness (QED) is 0.528. The van der Waals surface area contributed by atoms with Crippen LogP contribution in [0.3, 0.4) is 0 Å². The van der Waals surface area contributed by atoms with Crippen LogP contribution in [0.25, 0.3) is 11.1 Å². The number of ether oxygens (including phenoxy) is 2. The van der Waals surface area contributed by atoms with Crippen LogP contribution in [0.1, 0.15) is 36.8 Å². The minimum atomic E-state index is -0.857. The van der Waals surface area contributed by atoms with Gasteiger partial charge in [0.2, 0.25) is 0 Å². The molecular formula is C25H26FN3O4S. The molecule has 5 rings (SSSR count). The second-order valence-electron chi connectivity index (χ2n) is 8.83. The molecule has 0 spiro atoms. The number of fused-ring (bicyclic) bond motifs is 1. The number of amides is 1. The Morgan fingerprint density at radius 2 is 1.97 bits per heavy atom. The van der Waals surface area contributed by atoms with E-state index in [-0.39, 0.29) is 36.3 Å². The van der Waals surface area contributed by atoms with E-state index in [1.54, 1.807) is 23.8 Å². The minimum Gasteiger partial charge on any atom is -0.443 e. The van der Waals surface area contributed by atoms with Gasteiger partial charge in [0.1, 0.15) is 18.5 Å². The van der Waals surface area contributed by atoms with Crippen LogP contribution in [-0.2, 0) is 16.1 Å². The molecule has 2 aliphatic rings. The van der Waals surface area contributed by atoms with Gasteiger partial charge >= 0.3 is 6.09 Å². The number of halogens is 1. The van der Waals surface area contributed by atoms with E-state index in [2.05, 4.69) is 15.3 Å². The number of aromatic nitrogens is 2. The van der Waals surface area contributed by atoms with Crippen LogP contribution in [0.2, 0.25) is 0 Å². The summed E-state index contributed by atoms with van der Waals surface area (Å²) in [5.74, 6) is 0.218. The molecule has 1 aliphatic heterocycles. The molecule has 0 bridgehead atoms. The normalized spacial score (nSPS) is 26.1. The van der Waals surface area contributed by atoms with Crippen LogP contribution >= 0.6 is 11.3 Å². The van der Waals surface area contributed by atoms with Gasteiger partial charge in [0.15, 0.2) is 6.29 Å². The summed E-state index contributed by atoms with van der Waals surface area (Å²) in [6.07, 6.45) is 2.60. The molecule has 9 heteroatoms. The molecule has 3 heterocycles. The first kappa shape index (κ1) is 22.9. The first-order valence-corrected chi connectivity index (χ1v) is 12.3. The van der Waals surface area contributed by atoms with Gasteiger partial charge in [0.25, 0.3) is 0 Å². The molecule has 2 N–H and O–H groups in total. The molecular weight excluding hydrogens is 457 g/mol. The summed E-state index contributed by atoms with van der Waals surface area (Å²) in [6.45, 7) is 0.647. The summed E-state index contributed by atoms with van der Waals surface area (Å²) < 4.78 is 24.4. The Hall–Kier alpha value is -2.88. The molecule has 3 aromatic rings. The second-order valence-corrected chi connectivity index (χ2v) is 9.55. The van der Waals surface area contributed by atoms with Crippen LogP contribution in [0.15, 0.2) is 53.5 Å². The number of carbonyl (C=O) groups excluding carboxylic acids is 1. The fourth-order valence-electron chi connectivity index (χ4n) is 5.04. The third-order valence-electron chi connectivity index (χ3n) is 6.82. The Labute approximate surface area is 201 Å². The van der Waals surface area contributed by atoms with Crippen molar-refractivity contribution in [3.63, 3.8) is 0 Å². The molecule has 1 amide bonds. The molecule has 1 saturated heterocycles. The molecule has 178 valence electrons. The highest BCUT2D eigenvalue weighted by Crippen LogP contribution is 2.48. The maximum atomic E-state index is 13.2. The number of hydrogen-bond acceptors (Lipinski definition) is 7. The Morgan fingerprint density at radius 3 is 2.71 bits per heavy atom. The van der Waals surface area contributed by atoms with Crippen molar-refractivity contribution in [1.82, 2.24) is 15.3 Å². The van der Waals surface area contributed by atoms with E-state index in [4.69, 9.17) is 9.47 Å². The topological polar surface area (TPSA) is 93.6 Å². The number of alkyl carbamates (subject to hydrolysis) is 1. The molecule has 1 aromatic carbocycles. The summed E-state index contributed by atoms with van der Waals surface area (Å²) in [5.41, 5.74) is 4.96. The summed E-state index contributed by atoms with van der Waals surface area (Å²) in [5, 5.41) is 15.4. The lowest BCUT2D eigenvalue weighted by molar-refractivity contribution is -0.211. The molecule has 34 heavy (non-hydrogen) atoms. The maximum absolute atomic E-state index is 13.2. The standard InChI is InChI=1S/C25H26FN3O4S/c26-18-5-1-15(2-6-18)16-4-8-22(27-10-16)23-9-21-17(3-7-20(21)24(30)33-23)11-28-25(31)32-12-19-13-34-14-29-19/h1-2,4-6,8,10,13-14,17,20-21,23-24,30H,3,7,9,11-12H2,(H,28,31)/t17-,20+,21+,23+,24+/m1/s1. The Kier molecular flexibility index (Phi) is 6.85. The van der Waals surface area contributed by atoms with E-state index in [0.29, 0.717) is 6.54 Å². The molecule has 0 radical (unpaired) electrons. The molecule has 5 atom stereocenters. The lowest BCUT2D eigenvalue weighted by Gasteiger charge is -2.38. The van der Waals surface area contributed by atoms with Gasteiger partial charge in [-0.1, -0.05) is 18.2 Å². The fourth-order valence-corrected chi connectivity index (χ4v) is 5.59. The highest BCUT2D eigenvalue weighted by molar-refractivity contribution is 7.07.